The second-order valence-corrected chi connectivity index (χ2v) is 2.75. The predicted molar refractivity (Wildman–Crippen MR) is 50.6 cm³/mol. The third-order valence-corrected chi connectivity index (χ3v) is 1.71. The van der Waals surface area contributed by atoms with Gasteiger partial charge in [0.05, 0.1) is 6.21 Å². The maximum absolute atomic E-state index is 13.1. The van der Waals surface area contributed by atoms with Crippen LogP contribution < -0.4 is 5.32 Å². The van der Waals surface area contributed by atoms with Crippen LogP contribution in [0.5, 0.6) is 0 Å². The average molecular weight is 212 g/mol. The molecule has 0 saturated carbocycles. The fraction of sp³-hybridized carbons (Fsp3) is 0.111. The number of carbonyl (C=O) groups is 1. The molecule has 0 unspecified atom stereocenters. The summed E-state index contributed by atoms with van der Waals surface area (Å²) in [5.41, 5.74) is 0.677. The SMILES string of the molecule is O=C(O)NCc1cc(C=NO)ccc1F. The summed E-state index contributed by atoms with van der Waals surface area (Å²) in [4.78, 5) is 10.2. The van der Waals surface area contributed by atoms with E-state index in [1.165, 1.54) is 18.2 Å². The second kappa shape index (κ2) is 4.94. The van der Waals surface area contributed by atoms with Crippen molar-refractivity contribution in [1.29, 1.82) is 0 Å². The topological polar surface area (TPSA) is 81.9 Å². The van der Waals surface area contributed by atoms with E-state index < -0.39 is 11.9 Å². The van der Waals surface area contributed by atoms with E-state index in [9.17, 15) is 9.18 Å². The van der Waals surface area contributed by atoms with E-state index in [1.54, 1.807) is 0 Å². The molecule has 3 N–H and O–H groups in total. The van der Waals surface area contributed by atoms with Crippen LogP contribution >= 0.6 is 0 Å². The summed E-state index contributed by atoms with van der Waals surface area (Å²) in [7, 11) is 0. The first-order chi connectivity index (χ1) is 7.13. The number of benzene rings is 1. The van der Waals surface area contributed by atoms with Crippen molar-refractivity contribution < 1.29 is 19.5 Å². The molecule has 0 aliphatic rings. The number of halogens is 1. The molecule has 0 atom stereocenters. The van der Waals surface area contributed by atoms with Crippen molar-refractivity contribution in [3.05, 3.63) is 35.1 Å². The number of nitrogens with one attached hydrogen (secondary N) is 1. The summed E-state index contributed by atoms with van der Waals surface area (Å²) in [5, 5.41) is 21.4. The highest BCUT2D eigenvalue weighted by molar-refractivity contribution is 5.79. The lowest BCUT2D eigenvalue weighted by molar-refractivity contribution is 0.194. The summed E-state index contributed by atoms with van der Waals surface area (Å²) in [6, 6.07) is 3.99. The van der Waals surface area contributed by atoms with E-state index in [0.717, 1.165) is 6.21 Å². The number of rotatable bonds is 3. The van der Waals surface area contributed by atoms with Gasteiger partial charge < -0.3 is 15.6 Å². The van der Waals surface area contributed by atoms with Crippen molar-refractivity contribution in [2.45, 2.75) is 6.54 Å². The van der Waals surface area contributed by atoms with Gasteiger partial charge in [-0.3, -0.25) is 0 Å². The predicted octanol–water partition coefficient (Wildman–Crippen LogP) is 1.40. The molecular formula is C9H9FN2O3. The van der Waals surface area contributed by atoms with Gasteiger partial charge in [-0.25, -0.2) is 9.18 Å². The molecule has 0 aliphatic heterocycles. The minimum atomic E-state index is -1.23. The van der Waals surface area contributed by atoms with E-state index in [0.29, 0.717) is 5.56 Å². The summed E-state index contributed by atoms with van der Waals surface area (Å²) in [5.74, 6) is -0.515. The maximum Gasteiger partial charge on any atom is 0.404 e. The van der Waals surface area contributed by atoms with E-state index in [1.807, 2.05) is 5.32 Å². The average Bonchev–Trinajstić information content (AvgIpc) is 2.19. The second-order valence-electron chi connectivity index (χ2n) is 2.75. The number of nitrogens with zero attached hydrogens (tertiary/aromatic N) is 1. The van der Waals surface area contributed by atoms with Crippen LogP contribution in [0.3, 0.4) is 0 Å². The van der Waals surface area contributed by atoms with Crippen LogP contribution in [0.2, 0.25) is 0 Å². The quantitative estimate of drug-likeness (QED) is 0.402. The maximum atomic E-state index is 13.1. The summed E-state index contributed by atoms with van der Waals surface area (Å²) >= 11 is 0. The zero-order valence-corrected chi connectivity index (χ0v) is 7.64. The van der Waals surface area contributed by atoms with Gasteiger partial charge in [-0.15, -0.1) is 0 Å². The van der Waals surface area contributed by atoms with Crippen molar-refractivity contribution in [2.24, 2.45) is 5.16 Å². The molecule has 0 saturated heterocycles. The Labute approximate surface area is 84.8 Å². The van der Waals surface area contributed by atoms with Crippen LogP contribution in [-0.2, 0) is 6.54 Å². The summed E-state index contributed by atoms with van der Waals surface area (Å²) < 4.78 is 13.1. The van der Waals surface area contributed by atoms with Crippen LogP contribution in [0, 0.1) is 5.82 Å². The molecular weight excluding hydrogens is 203 g/mol. The molecule has 80 valence electrons. The Hall–Kier alpha value is -2.11. The molecule has 5 nitrogen and oxygen atoms in total. The lowest BCUT2D eigenvalue weighted by Gasteiger charge is -2.03. The zero-order chi connectivity index (χ0) is 11.3. The van der Waals surface area contributed by atoms with Crippen LogP contribution in [0.1, 0.15) is 11.1 Å². The van der Waals surface area contributed by atoms with Crippen molar-refractivity contribution in [3.8, 4) is 0 Å². The van der Waals surface area contributed by atoms with Gasteiger partial charge in [0.1, 0.15) is 5.82 Å². The van der Waals surface area contributed by atoms with Crippen molar-refractivity contribution in [2.75, 3.05) is 0 Å². The minimum Gasteiger partial charge on any atom is -0.465 e. The summed E-state index contributed by atoms with van der Waals surface area (Å²) in [6.07, 6.45) is -0.0976. The van der Waals surface area contributed by atoms with E-state index in [-0.39, 0.29) is 12.1 Å². The highest BCUT2D eigenvalue weighted by Crippen LogP contribution is 2.09. The van der Waals surface area contributed by atoms with E-state index >= 15 is 0 Å². The molecule has 0 radical (unpaired) electrons. The number of amides is 1. The minimum absolute atomic E-state index is 0.131. The third kappa shape index (κ3) is 3.26. The first-order valence-corrected chi connectivity index (χ1v) is 4.06. The molecule has 0 aromatic heterocycles. The van der Waals surface area contributed by atoms with Gasteiger partial charge in [0, 0.05) is 12.1 Å². The van der Waals surface area contributed by atoms with Gasteiger partial charge >= 0.3 is 6.09 Å². The lowest BCUT2D eigenvalue weighted by Crippen LogP contribution is -2.20. The largest absolute Gasteiger partial charge is 0.465 e. The zero-order valence-electron chi connectivity index (χ0n) is 7.64. The molecule has 1 rings (SSSR count). The first kappa shape index (κ1) is 11.0. The molecule has 1 aromatic carbocycles. The lowest BCUT2D eigenvalue weighted by atomic mass is 10.1. The van der Waals surface area contributed by atoms with Gasteiger partial charge in [-0.05, 0) is 17.7 Å². The van der Waals surface area contributed by atoms with Crippen LogP contribution in [-0.4, -0.2) is 22.6 Å². The number of hydrogen-bond acceptors (Lipinski definition) is 3. The Balaban J connectivity index is 2.85. The first-order valence-electron chi connectivity index (χ1n) is 4.06. The normalized spacial score (nSPS) is 10.5. The highest BCUT2D eigenvalue weighted by Gasteiger charge is 2.04. The highest BCUT2D eigenvalue weighted by atomic mass is 19.1. The van der Waals surface area contributed by atoms with Crippen molar-refractivity contribution >= 4 is 12.3 Å². The molecule has 0 heterocycles. The molecule has 0 aliphatic carbocycles. The number of oxime groups is 1. The summed E-state index contributed by atoms with van der Waals surface area (Å²) in [6.45, 7) is -0.131. The molecule has 0 bridgehead atoms. The van der Waals surface area contributed by atoms with Crippen LogP contribution in [0.15, 0.2) is 23.4 Å². The van der Waals surface area contributed by atoms with Gasteiger partial charge in [-0.1, -0.05) is 11.2 Å². The standard InChI is InChI=1S/C9H9FN2O3/c10-8-2-1-6(4-12-15)3-7(8)5-11-9(13)14/h1-4,11,15H,5H2,(H,13,14). The Bertz CT molecular complexity index is 393. The fourth-order valence-electron chi connectivity index (χ4n) is 1.05. The molecule has 6 heteroatoms. The Morgan fingerprint density at radius 2 is 2.33 bits per heavy atom. The number of hydrogen-bond donors (Lipinski definition) is 3. The Kier molecular flexibility index (Phi) is 3.61. The van der Waals surface area contributed by atoms with Crippen LogP contribution in [0.4, 0.5) is 9.18 Å². The molecule has 0 fully saturated rings. The van der Waals surface area contributed by atoms with E-state index in [4.69, 9.17) is 10.3 Å². The van der Waals surface area contributed by atoms with Crippen molar-refractivity contribution in [3.63, 3.8) is 0 Å². The van der Waals surface area contributed by atoms with Crippen LogP contribution in [0.25, 0.3) is 0 Å². The van der Waals surface area contributed by atoms with E-state index in [2.05, 4.69) is 5.16 Å². The molecule has 15 heavy (non-hydrogen) atoms. The van der Waals surface area contributed by atoms with Gasteiger partial charge in [0.25, 0.3) is 0 Å². The number of carboxylic acid groups (broad SMARTS) is 1. The molecule has 0 spiro atoms. The fourth-order valence-corrected chi connectivity index (χ4v) is 1.05. The van der Waals surface area contributed by atoms with Gasteiger partial charge in [0.15, 0.2) is 0 Å². The molecule has 1 aromatic rings. The van der Waals surface area contributed by atoms with Gasteiger partial charge in [-0.2, -0.15) is 0 Å². The van der Waals surface area contributed by atoms with Crippen molar-refractivity contribution in [1.82, 2.24) is 5.32 Å². The monoisotopic (exact) mass is 212 g/mol. The van der Waals surface area contributed by atoms with Gasteiger partial charge in [0.2, 0.25) is 0 Å². The Morgan fingerprint density at radius 3 is 2.93 bits per heavy atom. The third-order valence-electron chi connectivity index (χ3n) is 1.71. The smallest absolute Gasteiger partial charge is 0.404 e. The molecule has 1 amide bonds. The Morgan fingerprint density at radius 1 is 1.60 bits per heavy atom.